The van der Waals surface area contributed by atoms with Crippen molar-refractivity contribution >= 4 is 75.1 Å². The molecule has 2 aromatic heterocycles. The van der Waals surface area contributed by atoms with Crippen molar-refractivity contribution in [3.63, 3.8) is 0 Å². The van der Waals surface area contributed by atoms with Crippen LogP contribution < -0.4 is 49.4 Å². The van der Waals surface area contributed by atoms with E-state index in [1.54, 1.807) is 46.8 Å². The summed E-state index contributed by atoms with van der Waals surface area (Å²) in [5.41, 5.74) is 6.31. The van der Waals surface area contributed by atoms with E-state index in [9.17, 15) is 4.79 Å². The van der Waals surface area contributed by atoms with Crippen molar-refractivity contribution in [3.05, 3.63) is 123 Å². The molecule has 0 spiro atoms. The molecule has 0 atom stereocenters. The molecule has 7 rings (SSSR count). The van der Waals surface area contributed by atoms with Crippen LogP contribution in [0.15, 0.2) is 112 Å². The molecule has 14 heteroatoms. The molecular formula is C41H47N6NaO3S4. The van der Waals surface area contributed by atoms with Crippen LogP contribution in [0.5, 0.6) is 5.75 Å². The minimum Gasteiger partial charge on any atom is -0.870 e. The second-order valence-electron chi connectivity index (χ2n) is 12.7. The zero-order valence-corrected chi connectivity index (χ0v) is 36.9. The molecule has 0 bridgehead atoms. The maximum absolute atomic E-state index is 12.3. The summed E-state index contributed by atoms with van der Waals surface area (Å²) in [6.07, 6.45) is 1.01. The van der Waals surface area contributed by atoms with Gasteiger partial charge in [-0.25, -0.2) is 4.79 Å². The summed E-state index contributed by atoms with van der Waals surface area (Å²) in [5.74, 6) is 2.71. The molecule has 2 aliphatic heterocycles. The van der Waals surface area contributed by atoms with Crippen LogP contribution in [0, 0.1) is 10.8 Å². The second-order valence-corrected chi connectivity index (χ2v) is 16.9. The van der Waals surface area contributed by atoms with Crippen LogP contribution in [0.2, 0.25) is 0 Å². The normalized spacial score (nSPS) is 12.8. The molecule has 2 aliphatic rings. The monoisotopic (exact) mass is 822 g/mol. The Hall–Kier alpha value is -3.11. The van der Waals surface area contributed by atoms with Crippen molar-refractivity contribution < 1.29 is 44.6 Å². The van der Waals surface area contributed by atoms with Gasteiger partial charge >= 0.3 is 35.7 Å². The quantitative estimate of drug-likeness (QED) is 0.102. The van der Waals surface area contributed by atoms with Gasteiger partial charge in [-0.2, -0.15) is 0 Å². The van der Waals surface area contributed by atoms with Gasteiger partial charge in [-0.3, -0.25) is 0 Å². The molecule has 0 aliphatic carbocycles. The maximum Gasteiger partial charge on any atom is 1.00 e. The fourth-order valence-electron chi connectivity index (χ4n) is 6.09. The molecule has 0 unspecified atom stereocenters. The molecule has 5 aromatic rings. The van der Waals surface area contributed by atoms with Crippen LogP contribution in [0.1, 0.15) is 20.9 Å². The molecule has 284 valence electrons. The number of carbonyl (C=O) groups excluding carboxylic acids is 1. The van der Waals surface area contributed by atoms with Crippen molar-refractivity contribution in [2.45, 2.75) is 22.6 Å². The van der Waals surface area contributed by atoms with Crippen molar-refractivity contribution in [1.29, 1.82) is 10.8 Å². The Morgan fingerprint density at radius 1 is 0.764 bits per heavy atom. The molecular weight excluding hydrogens is 776 g/mol. The van der Waals surface area contributed by atoms with Crippen LogP contribution in [0.25, 0.3) is 0 Å². The summed E-state index contributed by atoms with van der Waals surface area (Å²) >= 11 is 7.05. The number of hydrogen-bond acceptors (Lipinski definition) is 12. The number of benzene rings is 3. The smallest absolute Gasteiger partial charge is 0.870 e. The van der Waals surface area contributed by atoms with E-state index in [0.717, 1.165) is 59.5 Å². The number of amides is 1. The fourth-order valence-corrected chi connectivity index (χ4v) is 9.66. The Kier molecular flexibility index (Phi) is 18.3. The first-order valence-electron chi connectivity index (χ1n) is 17.7. The largest absolute Gasteiger partial charge is 1.00 e. The number of nitrogens with one attached hydrogen (secondary N) is 3. The molecule has 9 nitrogen and oxygen atoms in total. The Morgan fingerprint density at radius 2 is 1.29 bits per heavy atom. The first-order valence-corrected chi connectivity index (χ1v) is 21.5. The standard InChI is InChI=1S/C24H25N3O2S2.C17H21N3S2.Na.H2O/c1-26(24(28)29-19-6-3-2-4-7-19)11-12-27-13-15-31-23-17-18(9-10-21(23)27)16-20(25)22-8-5-14-30-22;1-19-6-7-20-8-10-22-17-12-13(4-5-15(17)20)11-14(18)16-3-2-9-21-16;;/h2-10,14,17,25H,11-13,15-16H2,1H3;2-5,9,12,18-19H,6-8,10-11H2,1H3;;1H2/q;;+1;/p-1. The number of para-hydroxylation sites is 1. The Morgan fingerprint density at radius 3 is 1.78 bits per heavy atom. The molecule has 0 radical (unpaired) electrons. The van der Waals surface area contributed by atoms with E-state index >= 15 is 0 Å². The van der Waals surface area contributed by atoms with Gasteiger partial charge in [0, 0.05) is 90.2 Å². The topological polar surface area (TPSA) is 126 Å². The first-order chi connectivity index (χ1) is 25.9. The zero-order valence-electron chi connectivity index (χ0n) is 31.6. The number of nitrogens with zero attached hydrogens (tertiary/aromatic N) is 3. The first kappa shape index (κ1) is 44.6. The summed E-state index contributed by atoms with van der Waals surface area (Å²) in [7, 11) is 3.77. The number of ether oxygens (including phenoxy) is 1. The van der Waals surface area contributed by atoms with Crippen LogP contribution in [0.3, 0.4) is 0 Å². The molecule has 0 fully saturated rings. The fraction of sp³-hybridized carbons (Fsp3) is 0.293. The number of rotatable bonds is 13. The number of likely N-dealkylation sites (N-methyl/N-ethyl adjacent to an activating group) is 2. The molecule has 0 saturated heterocycles. The van der Waals surface area contributed by atoms with Crippen molar-refractivity contribution in [3.8, 4) is 5.75 Å². The van der Waals surface area contributed by atoms with E-state index in [2.05, 4.69) is 51.5 Å². The SMILES string of the molecule is CN(CCN1CCSc2cc(CC(=N)c3cccs3)ccc21)C(=O)Oc1ccccc1.CNCCN1CCSc2cc(CC(=N)c3cccs3)ccc21.[Na+].[OH-]. The number of fused-ring (bicyclic) bond motifs is 2. The van der Waals surface area contributed by atoms with Gasteiger partial charge in [0.2, 0.25) is 0 Å². The minimum absolute atomic E-state index is 0. The summed E-state index contributed by atoms with van der Waals surface area (Å²) < 4.78 is 5.41. The Balaban J connectivity index is 0.000000249. The maximum atomic E-state index is 12.3. The van der Waals surface area contributed by atoms with Gasteiger partial charge in [0.1, 0.15) is 5.75 Å². The van der Waals surface area contributed by atoms with Crippen LogP contribution >= 0.6 is 46.2 Å². The molecule has 55 heavy (non-hydrogen) atoms. The predicted octanol–water partition coefficient (Wildman–Crippen LogP) is 5.72. The number of anilines is 2. The second kappa shape index (κ2) is 22.6. The Bertz CT molecular complexity index is 1960. The van der Waals surface area contributed by atoms with E-state index in [1.165, 1.54) is 26.7 Å². The van der Waals surface area contributed by atoms with E-state index in [-0.39, 0.29) is 41.1 Å². The molecule has 1 amide bonds. The van der Waals surface area contributed by atoms with Crippen LogP contribution in [-0.2, 0) is 12.8 Å². The number of thiophene rings is 2. The molecule has 4 N–H and O–H groups in total. The summed E-state index contributed by atoms with van der Waals surface area (Å²) in [6.45, 7) is 5.45. The van der Waals surface area contributed by atoms with E-state index < -0.39 is 0 Å². The van der Waals surface area contributed by atoms with Gasteiger partial charge < -0.3 is 41.0 Å². The third-order valence-corrected chi connectivity index (χ3v) is 12.9. The van der Waals surface area contributed by atoms with Crippen LogP contribution in [-0.4, -0.2) is 92.8 Å². The van der Waals surface area contributed by atoms with E-state index in [4.69, 9.17) is 15.6 Å². The van der Waals surface area contributed by atoms with Crippen molar-refractivity contribution in [1.82, 2.24) is 10.2 Å². The van der Waals surface area contributed by atoms with E-state index in [1.807, 2.05) is 83.8 Å². The summed E-state index contributed by atoms with van der Waals surface area (Å²) in [4.78, 5) is 23.4. The van der Waals surface area contributed by atoms with Crippen molar-refractivity contribution in [2.24, 2.45) is 0 Å². The number of carbonyl (C=O) groups is 1. The summed E-state index contributed by atoms with van der Waals surface area (Å²) in [5, 5.41) is 23.8. The van der Waals surface area contributed by atoms with Gasteiger partial charge in [0.15, 0.2) is 0 Å². The number of hydrogen-bond donors (Lipinski definition) is 3. The van der Waals surface area contributed by atoms with Crippen LogP contribution in [0.4, 0.5) is 16.2 Å². The van der Waals surface area contributed by atoms with Gasteiger partial charge in [-0.05, 0) is 77.5 Å². The molecule has 0 saturated carbocycles. The third-order valence-electron chi connectivity index (χ3n) is 8.96. The van der Waals surface area contributed by atoms with Gasteiger partial charge in [-0.15, -0.1) is 46.2 Å². The average Bonchev–Trinajstić information content (AvgIpc) is 3.93. The molecule has 3 aromatic carbocycles. The summed E-state index contributed by atoms with van der Waals surface area (Å²) in [6, 6.07) is 30.3. The predicted molar refractivity (Wildman–Crippen MR) is 229 cm³/mol. The van der Waals surface area contributed by atoms with E-state index in [0.29, 0.717) is 36.6 Å². The third kappa shape index (κ3) is 12.7. The van der Waals surface area contributed by atoms with Gasteiger partial charge in [0.05, 0.1) is 22.8 Å². The minimum atomic E-state index is -0.347. The van der Waals surface area contributed by atoms with Gasteiger partial charge in [0.25, 0.3) is 0 Å². The van der Waals surface area contributed by atoms with Gasteiger partial charge in [-0.1, -0.05) is 42.5 Å². The van der Waals surface area contributed by atoms with Crippen molar-refractivity contribution in [2.75, 3.05) is 74.7 Å². The number of thioether (sulfide) groups is 2. The zero-order chi connectivity index (χ0) is 37.0. The Labute approximate surface area is 363 Å². The average molecular weight is 823 g/mol. The molecule has 4 heterocycles.